The minimum atomic E-state index is -0.674. The molecule has 0 bridgehead atoms. The second kappa shape index (κ2) is 4.43. The van der Waals surface area contributed by atoms with Crippen LogP contribution in [0.15, 0.2) is 18.3 Å². The topological polar surface area (TPSA) is 88.7 Å². The van der Waals surface area contributed by atoms with Gasteiger partial charge < -0.3 is 24.9 Å². The summed E-state index contributed by atoms with van der Waals surface area (Å²) in [6, 6.07) is 3.08. The third-order valence-corrected chi connectivity index (χ3v) is 3.71. The SMILES string of the molecule is O=[N+]([O-])c1ccc(N2CCOC(C3(O)CC3)C2)cn1. The zero-order valence-electron chi connectivity index (χ0n) is 10.4. The molecule has 0 aromatic carbocycles. The number of aromatic nitrogens is 1. The molecule has 1 aliphatic carbocycles. The molecule has 7 heteroatoms. The Kier molecular flexibility index (Phi) is 2.87. The van der Waals surface area contributed by atoms with Crippen molar-refractivity contribution in [3.05, 3.63) is 28.4 Å². The number of nitrogens with zero attached hydrogens (tertiary/aromatic N) is 3. The van der Waals surface area contributed by atoms with Gasteiger partial charge in [-0.2, -0.15) is 0 Å². The maximum Gasteiger partial charge on any atom is 0.363 e. The van der Waals surface area contributed by atoms with Gasteiger partial charge >= 0.3 is 5.82 Å². The van der Waals surface area contributed by atoms with Crippen molar-refractivity contribution in [3.63, 3.8) is 0 Å². The fourth-order valence-corrected chi connectivity index (χ4v) is 2.33. The van der Waals surface area contributed by atoms with Gasteiger partial charge in [-0.15, -0.1) is 0 Å². The Morgan fingerprint density at radius 2 is 2.32 bits per heavy atom. The Morgan fingerprint density at radius 3 is 2.89 bits per heavy atom. The Hall–Kier alpha value is -1.73. The summed E-state index contributed by atoms with van der Waals surface area (Å²) >= 11 is 0. The van der Waals surface area contributed by atoms with Crippen LogP contribution in [0.2, 0.25) is 0 Å². The van der Waals surface area contributed by atoms with Crippen LogP contribution in [0.3, 0.4) is 0 Å². The van der Waals surface area contributed by atoms with Crippen LogP contribution in [-0.4, -0.2) is 46.4 Å². The quantitative estimate of drug-likeness (QED) is 0.640. The highest BCUT2D eigenvalue weighted by Crippen LogP contribution is 2.41. The van der Waals surface area contributed by atoms with Gasteiger partial charge in [0.1, 0.15) is 6.10 Å². The van der Waals surface area contributed by atoms with Crippen LogP contribution >= 0.6 is 0 Å². The summed E-state index contributed by atoms with van der Waals surface area (Å²) in [7, 11) is 0. The Morgan fingerprint density at radius 1 is 1.53 bits per heavy atom. The minimum Gasteiger partial charge on any atom is -0.387 e. The van der Waals surface area contributed by atoms with Crippen molar-refractivity contribution < 1.29 is 14.8 Å². The first-order valence-corrected chi connectivity index (χ1v) is 6.28. The first-order chi connectivity index (χ1) is 9.08. The van der Waals surface area contributed by atoms with Crippen molar-refractivity contribution in [2.45, 2.75) is 24.5 Å². The van der Waals surface area contributed by atoms with E-state index in [1.807, 2.05) is 4.90 Å². The molecule has 102 valence electrons. The molecular weight excluding hydrogens is 250 g/mol. The van der Waals surface area contributed by atoms with Crippen LogP contribution in [0, 0.1) is 10.1 Å². The van der Waals surface area contributed by atoms with E-state index < -0.39 is 10.5 Å². The molecule has 0 spiro atoms. The van der Waals surface area contributed by atoms with Crippen molar-refractivity contribution in [3.8, 4) is 0 Å². The van der Waals surface area contributed by atoms with Gasteiger partial charge in [0, 0.05) is 19.2 Å². The number of hydrogen-bond donors (Lipinski definition) is 1. The number of hydrogen-bond acceptors (Lipinski definition) is 6. The van der Waals surface area contributed by atoms with Gasteiger partial charge in [0.2, 0.25) is 0 Å². The van der Waals surface area contributed by atoms with E-state index in [4.69, 9.17) is 4.74 Å². The molecule has 1 unspecified atom stereocenters. The van der Waals surface area contributed by atoms with Crippen LogP contribution in [0.4, 0.5) is 11.5 Å². The fourth-order valence-electron chi connectivity index (χ4n) is 2.33. The molecule has 1 aromatic heterocycles. The van der Waals surface area contributed by atoms with E-state index in [0.717, 1.165) is 18.5 Å². The Bertz CT molecular complexity index is 486. The molecule has 1 saturated heterocycles. The highest BCUT2D eigenvalue weighted by Gasteiger charge is 2.50. The van der Waals surface area contributed by atoms with Gasteiger partial charge in [-0.3, -0.25) is 0 Å². The van der Waals surface area contributed by atoms with Crippen LogP contribution in [0.1, 0.15) is 12.8 Å². The zero-order valence-corrected chi connectivity index (χ0v) is 10.4. The van der Waals surface area contributed by atoms with Crippen LogP contribution in [0.5, 0.6) is 0 Å². The van der Waals surface area contributed by atoms with Gasteiger partial charge in [0.15, 0.2) is 6.20 Å². The van der Waals surface area contributed by atoms with Crippen LogP contribution in [0.25, 0.3) is 0 Å². The summed E-state index contributed by atoms with van der Waals surface area (Å²) in [4.78, 5) is 15.9. The maximum absolute atomic E-state index is 10.6. The third kappa shape index (κ3) is 2.39. The summed E-state index contributed by atoms with van der Waals surface area (Å²) in [5, 5.41) is 20.6. The molecule has 0 amide bonds. The van der Waals surface area contributed by atoms with E-state index >= 15 is 0 Å². The molecule has 1 saturated carbocycles. The molecule has 3 rings (SSSR count). The van der Waals surface area contributed by atoms with Gasteiger partial charge in [-0.25, -0.2) is 0 Å². The molecule has 1 N–H and O–H groups in total. The average molecular weight is 265 g/mol. The Balaban J connectivity index is 1.72. The molecule has 1 aliphatic heterocycles. The van der Waals surface area contributed by atoms with Gasteiger partial charge in [0.05, 0.1) is 17.9 Å². The molecule has 7 nitrogen and oxygen atoms in total. The van der Waals surface area contributed by atoms with Gasteiger partial charge in [0.25, 0.3) is 0 Å². The first kappa shape index (κ1) is 12.3. The average Bonchev–Trinajstić information content (AvgIpc) is 3.18. The van der Waals surface area contributed by atoms with E-state index in [1.54, 1.807) is 6.07 Å². The lowest BCUT2D eigenvalue weighted by atomic mass is 10.1. The Labute approximate surface area is 110 Å². The van der Waals surface area contributed by atoms with E-state index in [-0.39, 0.29) is 11.9 Å². The van der Waals surface area contributed by atoms with E-state index in [0.29, 0.717) is 19.7 Å². The minimum absolute atomic E-state index is 0.158. The van der Waals surface area contributed by atoms with Crippen molar-refractivity contribution in [2.75, 3.05) is 24.6 Å². The summed E-state index contributed by atoms with van der Waals surface area (Å²) < 4.78 is 5.60. The molecule has 19 heavy (non-hydrogen) atoms. The standard InChI is InChI=1S/C12H15N3O4/c16-12(3-4-12)10-8-14(5-6-19-10)9-1-2-11(13-7-9)15(17)18/h1-2,7,10,16H,3-6,8H2. The highest BCUT2D eigenvalue weighted by atomic mass is 16.6. The molecule has 1 atom stereocenters. The number of pyridine rings is 1. The fraction of sp³-hybridized carbons (Fsp3) is 0.583. The molecule has 2 heterocycles. The smallest absolute Gasteiger partial charge is 0.363 e. The number of ether oxygens (including phenoxy) is 1. The number of morpholine rings is 1. The number of anilines is 1. The van der Waals surface area contributed by atoms with Crippen LogP contribution < -0.4 is 4.90 Å². The molecule has 2 fully saturated rings. The highest BCUT2D eigenvalue weighted by molar-refractivity contribution is 5.47. The monoisotopic (exact) mass is 265 g/mol. The lowest BCUT2D eigenvalue weighted by molar-refractivity contribution is -0.389. The number of nitro groups is 1. The lowest BCUT2D eigenvalue weighted by Crippen LogP contribution is -2.48. The van der Waals surface area contributed by atoms with Crippen molar-refractivity contribution >= 4 is 11.5 Å². The summed E-state index contributed by atoms with van der Waals surface area (Å²) in [6.07, 6.45) is 2.88. The summed E-state index contributed by atoms with van der Waals surface area (Å²) in [6.45, 7) is 1.84. The third-order valence-electron chi connectivity index (χ3n) is 3.71. The summed E-state index contributed by atoms with van der Waals surface area (Å²) in [5.74, 6) is -0.158. The van der Waals surface area contributed by atoms with Crippen molar-refractivity contribution in [1.29, 1.82) is 0 Å². The van der Waals surface area contributed by atoms with Gasteiger partial charge in [-0.1, -0.05) is 0 Å². The molecule has 2 aliphatic rings. The second-order valence-electron chi connectivity index (χ2n) is 5.04. The zero-order chi connectivity index (χ0) is 13.5. The van der Waals surface area contributed by atoms with E-state index in [2.05, 4.69) is 4.98 Å². The summed E-state index contributed by atoms with van der Waals surface area (Å²) in [5.41, 5.74) is 0.149. The number of aliphatic hydroxyl groups is 1. The van der Waals surface area contributed by atoms with Crippen molar-refractivity contribution in [1.82, 2.24) is 4.98 Å². The largest absolute Gasteiger partial charge is 0.387 e. The number of rotatable bonds is 3. The van der Waals surface area contributed by atoms with Crippen molar-refractivity contribution in [2.24, 2.45) is 0 Å². The van der Waals surface area contributed by atoms with Crippen LogP contribution in [-0.2, 0) is 4.74 Å². The van der Waals surface area contributed by atoms with E-state index in [9.17, 15) is 15.2 Å². The molecule has 1 aromatic rings. The lowest BCUT2D eigenvalue weighted by Gasteiger charge is -2.36. The molecular formula is C12H15N3O4. The first-order valence-electron chi connectivity index (χ1n) is 6.28. The van der Waals surface area contributed by atoms with Gasteiger partial charge in [-0.05, 0) is 28.8 Å². The second-order valence-corrected chi connectivity index (χ2v) is 5.04. The maximum atomic E-state index is 10.6. The molecule has 0 radical (unpaired) electrons. The van der Waals surface area contributed by atoms with E-state index in [1.165, 1.54) is 12.3 Å². The predicted molar refractivity (Wildman–Crippen MR) is 67.0 cm³/mol. The normalized spacial score (nSPS) is 25.1. The predicted octanol–water partition coefficient (Wildman–Crippen LogP) is 0.720.